The van der Waals surface area contributed by atoms with Gasteiger partial charge in [0.1, 0.15) is 11.4 Å². The van der Waals surface area contributed by atoms with Gasteiger partial charge in [-0.25, -0.2) is 12.7 Å². The Hall–Kier alpha value is -2.41. The van der Waals surface area contributed by atoms with Gasteiger partial charge < -0.3 is 4.74 Å². The summed E-state index contributed by atoms with van der Waals surface area (Å²) in [4.78, 5) is 9.75. The molecule has 2 aromatic rings. The number of hydrogen-bond donors (Lipinski definition) is 0. The average Bonchev–Trinajstić information content (AvgIpc) is 3.31. The standard InChI is InChI=1S/C23H27N3O3S/c1-22(2)17-12-13-23(22,3)20-19(17)26(21(25-20)18-7-5-6-14-24-18)30(27,28)16-10-8-15(29-4)9-11-16/h5-11,14,17,19-20H,12-13H2,1-4H3/t17-,19-,20-,23+/m1/s1. The normalized spacial score (nSPS) is 31.5. The molecule has 2 fully saturated rings. The van der Waals surface area contributed by atoms with Crippen molar-refractivity contribution < 1.29 is 13.2 Å². The number of pyridine rings is 1. The van der Waals surface area contributed by atoms with Gasteiger partial charge in [0, 0.05) is 6.20 Å². The molecule has 3 aliphatic rings. The maximum Gasteiger partial charge on any atom is 0.265 e. The summed E-state index contributed by atoms with van der Waals surface area (Å²) in [5.41, 5.74) is 0.589. The van der Waals surface area contributed by atoms with Crippen molar-refractivity contribution in [2.45, 2.75) is 50.6 Å². The van der Waals surface area contributed by atoms with E-state index in [2.05, 4.69) is 25.8 Å². The van der Waals surface area contributed by atoms with Crippen molar-refractivity contribution in [3.63, 3.8) is 0 Å². The van der Waals surface area contributed by atoms with Gasteiger partial charge >= 0.3 is 0 Å². The fourth-order valence-electron chi connectivity index (χ4n) is 5.94. The SMILES string of the molecule is COc1ccc(S(=O)(=O)N2C(c3ccccn3)=N[C@@H]3[C@H]2[C@H]2CC[C@]3(C)C2(C)C)cc1. The van der Waals surface area contributed by atoms with Crippen LogP contribution in [-0.2, 0) is 10.0 Å². The van der Waals surface area contributed by atoms with E-state index in [0.29, 0.717) is 17.3 Å². The molecule has 2 heterocycles. The molecular formula is C23H27N3O3S. The molecule has 0 unspecified atom stereocenters. The first-order chi connectivity index (χ1) is 14.2. The van der Waals surface area contributed by atoms with Gasteiger partial charge in [0.05, 0.1) is 24.1 Å². The van der Waals surface area contributed by atoms with E-state index < -0.39 is 10.0 Å². The zero-order chi connectivity index (χ0) is 21.3. The first kappa shape index (κ1) is 19.5. The number of amidine groups is 1. The maximum absolute atomic E-state index is 13.9. The van der Waals surface area contributed by atoms with E-state index in [4.69, 9.17) is 9.73 Å². The second kappa shape index (κ2) is 6.30. The number of hydrogen-bond acceptors (Lipinski definition) is 5. The summed E-state index contributed by atoms with van der Waals surface area (Å²) in [5, 5.41) is 0. The smallest absolute Gasteiger partial charge is 0.265 e. The third kappa shape index (κ3) is 2.38. The van der Waals surface area contributed by atoms with Crippen LogP contribution >= 0.6 is 0 Å². The van der Waals surface area contributed by atoms with E-state index in [1.807, 2.05) is 18.2 Å². The molecule has 0 N–H and O–H groups in total. The van der Waals surface area contributed by atoms with E-state index in [9.17, 15) is 8.42 Å². The van der Waals surface area contributed by atoms with Crippen LogP contribution in [0, 0.1) is 16.7 Å². The molecule has 2 saturated carbocycles. The molecule has 5 rings (SSSR count). The molecule has 1 aliphatic heterocycles. The van der Waals surface area contributed by atoms with Crippen LogP contribution in [0.15, 0.2) is 58.5 Å². The Bertz CT molecular complexity index is 1110. The van der Waals surface area contributed by atoms with Crippen molar-refractivity contribution >= 4 is 15.9 Å². The summed E-state index contributed by atoms with van der Waals surface area (Å²) in [6, 6.07) is 11.9. The Morgan fingerprint density at radius 3 is 2.47 bits per heavy atom. The predicted molar refractivity (Wildman–Crippen MR) is 115 cm³/mol. The quantitative estimate of drug-likeness (QED) is 0.748. The fraction of sp³-hybridized carbons (Fsp3) is 0.478. The predicted octanol–water partition coefficient (Wildman–Crippen LogP) is 3.73. The lowest BCUT2D eigenvalue weighted by atomic mass is 9.69. The van der Waals surface area contributed by atoms with E-state index in [0.717, 1.165) is 12.8 Å². The van der Waals surface area contributed by atoms with E-state index in [-0.39, 0.29) is 33.7 Å². The van der Waals surface area contributed by atoms with Crippen molar-refractivity contribution in [2.24, 2.45) is 21.7 Å². The number of aliphatic imine (C=N–C) groups is 1. The van der Waals surface area contributed by atoms with Gasteiger partial charge in [-0.3, -0.25) is 9.98 Å². The third-order valence-corrected chi connectivity index (χ3v) is 9.82. The summed E-state index contributed by atoms with van der Waals surface area (Å²) in [5.74, 6) is 1.35. The maximum atomic E-state index is 13.9. The molecule has 4 atom stereocenters. The van der Waals surface area contributed by atoms with E-state index in [1.54, 1.807) is 41.9 Å². The summed E-state index contributed by atoms with van der Waals surface area (Å²) in [7, 11) is -2.24. The number of nitrogens with zero attached hydrogens (tertiary/aromatic N) is 3. The van der Waals surface area contributed by atoms with Crippen LogP contribution in [-0.4, -0.2) is 42.7 Å². The lowest BCUT2D eigenvalue weighted by Crippen LogP contribution is -2.48. The fourth-order valence-corrected chi connectivity index (χ4v) is 7.59. The second-order valence-electron chi connectivity index (χ2n) is 9.36. The average molecular weight is 426 g/mol. The van der Waals surface area contributed by atoms with Crippen molar-refractivity contribution in [3.05, 3.63) is 54.4 Å². The van der Waals surface area contributed by atoms with E-state index in [1.165, 1.54) is 0 Å². The minimum atomic E-state index is -3.81. The van der Waals surface area contributed by atoms with Crippen LogP contribution < -0.4 is 4.74 Å². The van der Waals surface area contributed by atoms with Crippen molar-refractivity contribution in [1.82, 2.24) is 9.29 Å². The van der Waals surface area contributed by atoms with Gasteiger partial charge in [0.25, 0.3) is 10.0 Å². The molecule has 0 amide bonds. The first-order valence-electron chi connectivity index (χ1n) is 10.4. The molecule has 6 nitrogen and oxygen atoms in total. The number of sulfonamides is 1. The lowest BCUT2D eigenvalue weighted by Gasteiger charge is -2.36. The molecule has 2 bridgehead atoms. The molecule has 0 saturated heterocycles. The molecule has 1 aromatic heterocycles. The Balaban J connectivity index is 1.67. The molecule has 30 heavy (non-hydrogen) atoms. The molecule has 1 aromatic carbocycles. The van der Waals surface area contributed by atoms with Gasteiger partial charge in [-0.1, -0.05) is 26.8 Å². The van der Waals surface area contributed by atoms with Crippen molar-refractivity contribution in [1.29, 1.82) is 0 Å². The molecule has 0 spiro atoms. The number of aromatic nitrogens is 1. The molecule has 2 aliphatic carbocycles. The lowest BCUT2D eigenvalue weighted by molar-refractivity contribution is 0.137. The Labute approximate surface area is 178 Å². The Kier molecular flexibility index (Phi) is 4.10. The van der Waals surface area contributed by atoms with Crippen LogP contribution in [0.2, 0.25) is 0 Å². The van der Waals surface area contributed by atoms with Crippen LogP contribution in [0.25, 0.3) is 0 Å². The van der Waals surface area contributed by atoms with Gasteiger partial charge in [-0.05, 0) is 66.0 Å². The highest BCUT2D eigenvalue weighted by atomic mass is 32.2. The number of ether oxygens (including phenoxy) is 1. The molecule has 7 heteroatoms. The highest BCUT2D eigenvalue weighted by molar-refractivity contribution is 7.89. The van der Waals surface area contributed by atoms with Gasteiger partial charge in [-0.15, -0.1) is 0 Å². The van der Waals surface area contributed by atoms with Gasteiger partial charge in [-0.2, -0.15) is 0 Å². The minimum absolute atomic E-state index is 0.0230. The monoisotopic (exact) mass is 425 g/mol. The Morgan fingerprint density at radius 1 is 1.10 bits per heavy atom. The third-order valence-electron chi connectivity index (χ3n) is 8.01. The summed E-state index contributed by atoms with van der Waals surface area (Å²) in [6.07, 6.45) is 3.77. The van der Waals surface area contributed by atoms with Crippen molar-refractivity contribution in [2.75, 3.05) is 7.11 Å². The van der Waals surface area contributed by atoms with Crippen molar-refractivity contribution in [3.8, 4) is 5.75 Å². The van der Waals surface area contributed by atoms with E-state index >= 15 is 0 Å². The number of rotatable bonds is 4. The minimum Gasteiger partial charge on any atom is -0.497 e. The number of benzene rings is 1. The number of fused-ring (bicyclic) bond motifs is 5. The van der Waals surface area contributed by atoms with Gasteiger partial charge in [0.2, 0.25) is 0 Å². The second-order valence-corrected chi connectivity index (χ2v) is 11.2. The molecule has 0 radical (unpaired) electrons. The Morgan fingerprint density at radius 2 is 1.83 bits per heavy atom. The first-order valence-corrected chi connectivity index (χ1v) is 11.8. The largest absolute Gasteiger partial charge is 0.497 e. The summed E-state index contributed by atoms with van der Waals surface area (Å²) >= 11 is 0. The summed E-state index contributed by atoms with van der Waals surface area (Å²) in [6.45, 7) is 6.83. The highest BCUT2D eigenvalue weighted by Crippen LogP contribution is 2.69. The molecular weight excluding hydrogens is 398 g/mol. The van der Waals surface area contributed by atoms with Crippen LogP contribution in [0.3, 0.4) is 0 Å². The topological polar surface area (TPSA) is 71.9 Å². The summed E-state index contributed by atoms with van der Waals surface area (Å²) < 4.78 is 34.6. The van der Waals surface area contributed by atoms with Crippen LogP contribution in [0.5, 0.6) is 5.75 Å². The zero-order valence-electron chi connectivity index (χ0n) is 17.7. The van der Waals surface area contributed by atoms with Gasteiger partial charge in [0.15, 0.2) is 5.84 Å². The highest BCUT2D eigenvalue weighted by Gasteiger charge is 2.71. The van der Waals surface area contributed by atoms with Crippen LogP contribution in [0.1, 0.15) is 39.3 Å². The van der Waals surface area contributed by atoms with Crippen LogP contribution in [0.4, 0.5) is 0 Å². The number of methoxy groups -OCH3 is 1. The zero-order valence-corrected chi connectivity index (χ0v) is 18.6. The molecule has 158 valence electrons.